The summed E-state index contributed by atoms with van der Waals surface area (Å²) in [6.45, 7) is 6.37. The SMILES string of the molecule is CCOC(=O)c1cc2c(s1)CNCC2.CCOC(=O)c1cc2ccncc2s1. The van der Waals surface area contributed by atoms with Gasteiger partial charge < -0.3 is 14.8 Å². The second-order valence-electron chi connectivity index (χ2n) is 5.95. The van der Waals surface area contributed by atoms with Crippen molar-refractivity contribution in [3.8, 4) is 0 Å². The van der Waals surface area contributed by atoms with Crippen molar-refractivity contribution in [3.05, 3.63) is 50.8 Å². The second-order valence-corrected chi connectivity index (χ2v) is 8.17. The molecule has 0 fully saturated rings. The summed E-state index contributed by atoms with van der Waals surface area (Å²) in [4.78, 5) is 29.5. The number of aromatic nitrogens is 1. The van der Waals surface area contributed by atoms with E-state index in [1.54, 1.807) is 30.7 Å². The van der Waals surface area contributed by atoms with Gasteiger partial charge in [0.15, 0.2) is 0 Å². The fraction of sp³-hybridized carbons (Fsp3) is 0.350. The summed E-state index contributed by atoms with van der Waals surface area (Å²) in [5.41, 5.74) is 1.30. The minimum Gasteiger partial charge on any atom is -0.462 e. The van der Waals surface area contributed by atoms with Crippen LogP contribution in [-0.2, 0) is 22.4 Å². The van der Waals surface area contributed by atoms with Crippen LogP contribution in [0.5, 0.6) is 0 Å². The molecule has 3 aromatic heterocycles. The molecule has 148 valence electrons. The van der Waals surface area contributed by atoms with Gasteiger partial charge in [0, 0.05) is 23.8 Å². The number of esters is 2. The molecule has 1 N–H and O–H groups in total. The van der Waals surface area contributed by atoms with Crippen LogP contribution in [0.4, 0.5) is 0 Å². The molecule has 0 spiro atoms. The van der Waals surface area contributed by atoms with Crippen molar-refractivity contribution in [1.29, 1.82) is 0 Å². The van der Waals surface area contributed by atoms with E-state index in [0.717, 1.165) is 34.5 Å². The van der Waals surface area contributed by atoms with Crippen LogP contribution in [0, 0.1) is 0 Å². The van der Waals surface area contributed by atoms with Crippen molar-refractivity contribution in [2.45, 2.75) is 26.8 Å². The number of carbonyl (C=O) groups is 2. The average molecular weight is 419 g/mol. The van der Waals surface area contributed by atoms with Gasteiger partial charge in [0.1, 0.15) is 9.75 Å². The molecule has 28 heavy (non-hydrogen) atoms. The van der Waals surface area contributed by atoms with Crippen molar-refractivity contribution < 1.29 is 19.1 Å². The molecule has 1 aliphatic rings. The van der Waals surface area contributed by atoms with Gasteiger partial charge in [0.25, 0.3) is 0 Å². The average Bonchev–Trinajstić information content (AvgIpc) is 3.33. The Labute approximate surface area is 171 Å². The van der Waals surface area contributed by atoms with Gasteiger partial charge in [-0.15, -0.1) is 22.7 Å². The third kappa shape index (κ3) is 4.95. The first-order valence-corrected chi connectivity index (χ1v) is 10.8. The number of nitrogens with zero attached hydrogens (tertiary/aromatic N) is 1. The third-order valence-corrected chi connectivity index (χ3v) is 6.25. The normalized spacial score (nSPS) is 12.6. The fourth-order valence-electron chi connectivity index (χ4n) is 2.74. The number of pyridine rings is 1. The Kier molecular flexibility index (Phi) is 7.13. The van der Waals surface area contributed by atoms with Crippen LogP contribution < -0.4 is 5.32 Å². The van der Waals surface area contributed by atoms with Crippen molar-refractivity contribution in [1.82, 2.24) is 10.3 Å². The Morgan fingerprint density at radius 2 is 1.82 bits per heavy atom. The molecule has 8 heteroatoms. The number of carbonyl (C=O) groups excluding carboxylic acids is 2. The molecule has 1 aliphatic heterocycles. The lowest BCUT2D eigenvalue weighted by atomic mass is 10.1. The molecular formula is C20H22N2O4S2. The van der Waals surface area contributed by atoms with Gasteiger partial charge in [-0.25, -0.2) is 9.59 Å². The van der Waals surface area contributed by atoms with Crippen LogP contribution in [0.25, 0.3) is 10.1 Å². The molecule has 0 aliphatic carbocycles. The van der Waals surface area contributed by atoms with Gasteiger partial charge in [0.05, 0.1) is 17.9 Å². The van der Waals surface area contributed by atoms with Crippen LogP contribution in [0.1, 0.15) is 43.6 Å². The largest absolute Gasteiger partial charge is 0.462 e. The fourth-order valence-corrected chi connectivity index (χ4v) is 4.74. The Balaban J connectivity index is 0.000000161. The van der Waals surface area contributed by atoms with Crippen LogP contribution in [0.15, 0.2) is 30.6 Å². The van der Waals surface area contributed by atoms with Crippen LogP contribution in [0.3, 0.4) is 0 Å². The van der Waals surface area contributed by atoms with E-state index < -0.39 is 0 Å². The van der Waals surface area contributed by atoms with Gasteiger partial charge >= 0.3 is 11.9 Å². The molecule has 0 amide bonds. The van der Waals surface area contributed by atoms with Gasteiger partial charge in [-0.3, -0.25) is 4.98 Å². The summed E-state index contributed by atoms with van der Waals surface area (Å²) in [6.07, 6.45) is 4.48. The first-order chi connectivity index (χ1) is 13.6. The molecule has 0 bridgehead atoms. The van der Waals surface area contributed by atoms with Gasteiger partial charge in [-0.2, -0.15) is 0 Å². The van der Waals surface area contributed by atoms with E-state index in [0.29, 0.717) is 18.1 Å². The zero-order chi connectivity index (χ0) is 19.9. The molecule has 0 saturated heterocycles. The highest BCUT2D eigenvalue weighted by Gasteiger charge is 2.17. The molecule has 6 nitrogen and oxygen atoms in total. The van der Waals surface area contributed by atoms with Crippen LogP contribution in [-0.4, -0.2) is 36.7 Å². The van der Waals surface area contributed by atoms with E-state index in [2.05, 4.69) is 10.3 Å². The summed E-state index contributed by atoms with van der Waals surface area (Å²) in [5.74, 6) is -0.444. The van der Waals surface area contributed by atoms with E-state index >= 15 is 0 Å². The Hall–Kier alpha value is -2.29. The van der Waals surface area contributed by atoms with Crippen molar-refractivity contribution in [3.63, 3.8) is 0 Å². The van der Waals surface area contributed by atoms with Crippen molar-refractivity contribution >= 4 is 44.7 Å². The number of hydrogen-bond acceptors (Lipinski definition) is 8. The smallest absolute Gasteiger partial charge is 0.348 e. The molecule has 3 aromatic rings. The molecule has 0 radical (unpaired) electrons. The predicted molar refractivity (Wildman–Crippen MR) is 111 cm³/mol. The minimum atomic E-state index is -0.256. The highest BCUT2D eigenvalue weighted by Crippen LogP contribution is 2.26. The number of thiophene rings is 2. The summed E-state index contributed by atoms with van der Waals surface area (Å²) in [7, 11) is 0. The molecule has 4 heterocycles. The molecule has 0 unspecified atom stereocenters. The Morgan fingerprint density at radius 1 is 1.11 bits per heavy atom. The highest BCUT2D eigenvalue weighted by atomic mass is 32.1. The van der Waals surface area contributed by atoms with Crippen LogP contribution >= 0.6 is 22.7 Å². The van der Waals surface area contributed by atoms with Gasteiger partial charge in [-0.1, -0.05) is 0 Å². The number of hydrogen-bond donors (Lipinski definition) is 1. The summed E-state index contributed by atoms with van der Waals surface area (Å²) in [6, 6.07) is 5.69. The predicted octanol–water partition coefficient (Wildman–Crippen LogP) is 4.04. The van der Waals surface area contributed by atoms with Crippen LogP contribution in [0.2, 0.25) is 0 Å². The lowest BCUT2D eigenvalue weighted by Gasteiger charge is -2.10. The Morgan fingerprint density at radius 3 is 2.46 bits per heavy atom. The minimum absolute atomic E-state index is 0.188. The number of ether oxygens (including phenoxy) is 2. The first kappa shape index (κ1) is 20.4. The standard InChI is InChI=1S/C10H13NO2S.C10H9NO2S/c2*1-2-13-10(12)8-5-7-3-4-11-6-9(7)14-8/h5,11H,2-4,6H2,1H3;3-6H,2H2,1H3. The van der Waals surface area contributed by atoms with Crippen molar-refractivity contribution in [2.75, 3.05) is 19.8 Å². The summed E-state index contributed by atoms with van der Waals surface area (Å²) >= 11 is 2.95. The Bertz CT molecular complexity index is 908. The summed E-state index contributed by atoms with van der Waals surface area (Å²) in [5, 5.41) is 4.32. The first-order valence-electron chi connectivity index (χ1n) is 9.12. The monoisotopic (exact) mass is 418 g/mol. The zero-order valence-electron chi connectivity index (χ0n) is 15.8. The lowest BCUT2D eigenvalue weighted by molar-refractivity contribution is 0.0522. The maximum absolute atomic E-state index is 11.4. The molecule has 0 atom stereocenters. The molecular weight excluding hydrogens is 396 g/mol. The zero-order valence-corrected chi connectivity index (χ0v) is 17.5. The van der Waals surface area contributed by atoms with Crippen molar-refractivity contribution in [2.24, 2.45) is 0 Å². The van der Waals surface area contributed by atoms with E-state index in [1.165, 1.54) is 21.8 Å². The second kappa shape index (κ2) is 9.77. The highest BCUT2D eigenvalue weighted by molar-refractivity contribution is 7.20. The number of fused-ring (bicyclic) bond motifs is 2. The van der Waals surface area contributed by atoms with Gasteiger partial charge in [-0.05, 0) is 56.0 Å². The molecule has 4 rings (SSSR count). The van der Waals surface area contributed by atoms with E-state index in [4.69, 9.17) is 9.47 Å². The van der Waals surface area contributed by atoms with E-state index in [1.807, 2.05) is 25.1 Å². The lowest BCUT2D eigenvalue weighted by Crippen LogP contribution is -2.21. The molecule has 0 saturated carbocycles. The maximum atomic E-state index is 11.4. The third-order valence-electron chi connectivity index (χ3n) is 4.03. The summed E-state index contributed by atoms with van der Waals surface area (Å²) < 4.78 is 10.9. The van der Waals surface area contributed by atoms with E-state index in [9.17, 15) is 9.59 Å². The number of rotatable bonds is 4. The quantitative estimate of drug-likeness (QED) is 0.644. The number of nitrogens with one attached hydrogen (secondary N) is 1. The topological polar surface area (TPSA) is 77.5 Å². The van der Waals surface area contributed by atoms with E-state index in [-0.39, 0.29) is 11.9 Å². The maximum Gasteiger partial charge on any atom is 0.348 e. The molecule has 0 aromatic carbocycles. The van der Waals surface area contributed by atoms with Gasteiger partial charge in [0.2, 0.25) is 0 Å².